The van der Waals surface area contributed by atoms with Crippen LogP contribution < -0.4 is 10.1 Å². The van der Waals surface area contributed by atoms with Crippen molar-refractivity contribution in [2.75, 3.05) is 12.4 Å². The number of aromatic nitrogens is 2. The molecule has 1 N–H and O–H groups in total. The first-order valence-corrected chi connectivity index (χ1v) is 7.21. The maximum Gasteiger partial charge on any atom is 0.272 e. The van der Waals surface area contributed by atoms with E-state index in [0.717, 1.165) is 5.56 Å². The zero-order valence-corrected chi connectivity index (χ0v) is 13.2. The minimum Gasteiger partial charge on any atom is -0.496 e. The maximum atomic E-state index is 12.5. The molecule has 0 unspecified atom stereocenters. The zero-order valence-electron chi connectivity index (χ0n) is 13.2. The van der Waals surface area contributed by atoms with Gasteiger partial charge < -0.3 is 14.9 Å². The SMILES string of the molecule is COc1ccccc1C1=NO[C@@](C)(C(=O)Nc2ccn(C)n2)C1. The van der Waals surface area contributed by atoms with Crippen LogP contribution in [0.5, 0.6) is 5.75 Å². The van der Waals surface area contributed by atoms with Crippen LogP contribution in [-0.4, -0.2) is 34.1 Å². The third-order valence-electron chi connectivity index (χ3n) is 3.72. The Morgan fingerprint density at radius 1 is 1.39 bits per heavy atom. The summed E-state index contributed by atoms with van der Waals surface area (Å²) < 4.78 is 6.95. The van der Waals surface area contributed by atoms with Crippen molar-refractivity contribution in [2.45, 2.75) is 18.9 Å². The van der Waals surface area contributed by atoms with E-state index >= 15 is 0 Å². The number of nitrogens with zero attached hydrogens (tertiary/aromatic N) is 3. The second kappa shape index (κ2) is 5.75. The molecule has 0 saturated heterocycles. The van der Waals surface area contributed by atoms with Crippen molar-refractivity contribution < 1.29 is 14.4 Å². The van der Waals surface area contributed by atoms with Crippen molar-refractivity contribution in [1.82, 2.24) is 9.78 Å². The number of methoxy groups -OCH3 is 1. The van der Waals surface area contributed by atoms with Crippen LogP contribution in [0, 0.1) is 0 Å². The fourth-order valence-electron chi connectivity index (χ4n) is 2.42. The van der Waals surface area contributed by atoms with Crippen LogP contribution in [-0.2, 0) is 16.7 Å². The molecule has 0 fully saturated rings. The predicted octanol–water partition coefficient (Wildman–Crippen LogP) is 1.95. The van der Waals surface area contributed by atoms with Gasteiger partial charge in [0.15, 0.2) is 5.82 Å². The summed E-state index contributed by atoms with van der Waals surface area (Å²) in [6, 6.07) is 9.23. The van der Waals surface area contributed by atoms with Crippen LogP contribution in [0.4, 0.5) is 5.82 Å². The van der Waals surface area contributed by atoms with Crippen LogP contribution in [0.15, 0.2) is 41.7 Å². The summed E-state index contributed by atoms with van der Waals surface area (Å²) in [7, 11) is 3.38. The number of carbonyl (C=O) groups excluding carboxylic acids is 1. The van der Waals surface area contributed by atoms with E-state index in [1.807, 2.05) is 24.3 Å². The molecule has 1 aromatic carbocycles. The summed E-state index contributed by atoms with van der Waals surface area (Å²) in [5.74, 6) is 0.891. The number of rotatable bonds is 4. The lowest BCUT2D eigenvalue weighted by Crippen LogP contribution is -2.40. The molecule has 1 aliphatic rings. The molecule has 0 bridgehead atoms. The Labute approximate surface area is 133 Å². The smallest absolute Gasteiger partial charge is 0.272 e. The molecule has 0 radical (unpaired) electrons. The molecule has 23 heavy (non-hydrogen) atoms. The minimum atomic E-state index is -1.08. The molecule has 0 aliphatic carbocycles. The van der Waals surface area contributed by atoms with Crippen LogP contribution in [0.25, 0.3) is 0 Å². The molecule has 7 heteroatoms. The normalized spacial score (nSPS) is 19.9. The average Bonchev–Trinajstić information content (AvgIpc) is 3.14. The number of ether oxygens (including phenoxy) is 1. The van der Waals surface area contributed by atoms with Crippen LogP contribution in [0.2, 0.25) is 0 Å². The van der Waals surface area contributed by atoms with Gasteiger partial charge in [-0.3, -0.25) is 9.48 Å². The van der Waals surface area contributed by atoms with Gasteiger partial charge in [0.05, 0.1) is 12.8 Å². The van der Waals surface area contributed by atoms with E-state index in [9.17, 15) is 4.79 Å². The molecule has 1 aromatic heterocycles. The fourth-order valence-corrected chi connectivity index (χ4v) is 2.42. The number of benzene rings is 1. The molecule has 1 aliphatic heterocycles. The average molecular weight is 314 g/mol. The molecule has 2 aromatic rings. The lowest BCUT2D eigenvalue weighted by atomic mass is 9.94. The van der Waals surface area contributed by atoms with Crippen molar-refractivity contribution in [3.05, 3.63) is 42.1 Å². The number of anilines is 1. The molecule has 7 nitrogen and oxygen atoms in total. The van der Waals surface area contributed by atoms with Crippen LogP contribution in [0.3, 0.4) is 0 Å². The number of hydrogen-bond donors (Lipinski definition) is 1. The first-order chi connectivity index (χ1) is 11.0. The summed E-state index contributed by atoms with van der Waals surface area (Å²) in [6.07, 6.45) is 2.11. The summed E-state index contributed by atoms with van der Waals surface area (Å²) in [6.45, 7) is 1.71. The van der Waals surface area contributed by atoms with Gasteiger partial charge in [-0.2, -0.15) is 5.10 Å². The fraction of sp³-hybridized carbons (Fsp3) is 0.312. The lowest BCUT2D eigenvalue weighted by Gasteiger charge is -2.19. The molecule has 3 rings (SSSR count). The molecule has 120 valence electrons. The number of amides is 1. The van der Waals surface area contributed by atoms with E-state index in [4.69, 9.17) is 9.57 Å². The van der Waals surface area contributed by atoms with Crippen molar-refractivity contribution in [3.8, 4) is 5.75 Å². The molecule has 0 saturated carbocycles. The van der Waals surface area contributed by atoms with Gasteiger partial charge in [-0.25, -0.2) is 0 Å². The topological polar surface area (TPSA) is 77.7 Å². The number of hydrogen-bond acceptors (Lipinski definition) is 5. The Hall–Kier alpha value is -2.83. The number of carbonyl (C=O) groups is 1. The van der Waals surface area contributed by atoms with Gasteiger partial charge in [-0.1, -0.05) is 17.3 Å². The van der Waals surface area contributed by atoms with Gasteiger partial charge in [0.1, 0.15) is 5.75 Å². The number of aryl methyl sites for hydroxylation is 1. The second-order valence-electron chi connectivity index (χ2n) is 5.57. The van der Waals surface area contributed by atoms with E-state index in [0.29, 0.717) is 23.7 Å². The molecule has 2 heterocycles. The highest BCUT2D eigenvalue weighted by molar-refractivity contribution is 6.09. The molecular weight excluding hydrogens is 296 g/mol. The molecule has 1 atom stereocenters. The first kappa shape index (κ1) is 15.1. The highest BCUT2D eigenvalue weighted by Gasteiger charge is 2.43. The predicted molar refractivity (Wildman–Crippen MR) is 85.5 cm³/mol. The Balaban J connectivity index is 1.75. The maximum absolute atomic E-state index is 12.5. The van der Waals surface area contributed by atoms with Gasteiger partial charge >= 0.3 is 0 Å². The third-order valence-corrected chi connectivity index (χ3v) is 3.72. The van der Waals surface area contributed by atoms with Gasteiger partial charge in [-0.15, -0.1) is 0 Å². The Bertz CT molecular complexity index is 768. The Morgan fingerprint density at radius 3 is 2.87 bits per heavy atom. The molecular formula is C16H18N4O3. The number of para-hydroxylation sites is 1. The minimum absolute atomic E-state index is 0.287. The highest BCUT2D eigenvalue weighted by atomic mass is 16.7. The lowest BCUT2D eigenvalue weighted by molar-refractivity contribution is -0.135. The first-order valence-electron chi connectivity index (χ1n) is 7.21. The van der Waals surface area contributed by atoms with Crippen LogP contribution >= 0.6 is 0 Å². The van der Waals surface area contributed by atoms with Gasteiger partial charge in [-0.05, 0) is 19.1 Å². The third kappa shape index (κ3) is 2.90. The van der Waals surface area contributed by atoms with E-state index < -0.39 is 5.60 Å². The number of oxime groups is 1. The largest absolute Gasteiger partial charge is 0.496 e. The van der Waals surface area contributed by atoms with Gasteiger partial charge in [0.2, 0.25) is 5.60 Å². The van der Waals surface area contributed by atoms with Crippen molar-refractivity contribution in [3.63, 3.8) is 0 Å². The van der Waals surface area contributed by atoms with Gasteiger partial charge in [0, 0.05) is 31.3 Å². The summed E-state index contributed by atoms with van der Waals surface area (Å²) in [5, 5.41) is 11.0. The summed E-state index contributed by atoms with van der Waals surface area (Å²) in [5.41, 5.74) is 0.429. The summed E-state index contributed by atoms with van der Waals surface area (Å²) >= 11 is 0. The zero-order chi connectivity index (χ0) is 16.4. The highest BCUT2D eigenvalue weighted by Crippen LogP contribution is 2.31. The standard InChI is InChI=1S/C16H18N4O3/c1-16(15(21)17-14-8-9-20(2)18-14)10-12(19-23-16)11-6-4-5-7-13(11)22-3/h4-9H,10H2,1-3H3,(H,17,18,21)/t16-/m1/s1. The monoisotopic (exact) mass is 314 g/mol. The van der Waals surface area contributed by atoms with Crippen molar-refractivity contribution >= 4 is 17.4 Å². The number of nitrogens with one attached hydrogen (secondary N) is 1. The quantitative estimate of drug-likeness (QED) is 0.935. The van der Waals surface area contributed by atoms with Crippen molar-refractivity contribution in [1.29, 1.82) is 0 Å². The molecule has 1 amide bonds. The van der Waals surface area contributed by atoms with E-state index in [1.165, 1.54) is 0 Å². The summed E-state index contributed by atoms with van der Waals surface area (Å²) in [4.78, 5) is 17.9. The Kier molecular flexibility index (Phi) is 3.77. The van der Waals surface area contributed by atoms with Crippen molar-refractivity contribution in [2.24, 2.45) is 12.2 Å². The van der Waals surface area contributed by atoms with Gasteiger partial charge in [0.25, 0.3) is 5.91 Å². The second-order valence-corrected chi connectivity index (χ2v) is 5.57. The van der Waals surface area contributed by atoms with E-state index in [1.54, 1.807) is 38.0 Å². The van der Waals surface area contributed by atoms with Crippen LogP contribution in [0.1, 0.15) is 18.9 Å². The van der Waals surface area contributed by atoms with E-state index in [2.05, 4.69) is 15.6 Å². The van der Waals surface area contributed by atoms with E-state index in [-0.39, 0.29) is 5.91 Å². The Morgan fingerprint density at radius 2 is 2.17 bits per heavy atom. The molecule has 0 spiro atoms.